The second-order valence-corrected chi connectivity index (χ2v) is 4.10. The molecule has 1 aromatic heterocycles. The Bertz CT molecular complexity index is 607. The highest BCUT2D eigenvalue weighted by atomic mass is 16.5. The molecule has 1 aromatic carbocycles. The quantitative estimate of drug-likeness (QED) is 0.817. The standard InChI is InChI=1S/C13H16N2O3/c1-18-11-4-2-9-3-5-13(17)15(12(9)6-11)8-10(16)7-14/h2-6,10,16H,7-8,14H2,1H3/t10-/m0/s1. The number of hydrogen-bond donors (Lipinski definition) is 2. The first-order valence-electron chi connectivity index (χ1n) is 5.71. The molecule has 0 unspecified atom stereocenters. The normalized spacial score (nSPS) is 12.6. The molecular weight excluding hydrogens is 232 g/mol. The maximum atomic E-state index is 11.9. The van der Waals surface area contributed by atoms with Crippen LogP contribution in [0.1, 0.15) is 0 Å². The Kier molecular flexibility index (Phi) is 3.64. The van der Waals surface area contributed by atoms with Crippen LogP contribution in [0.5, 0.6) is 5.75 Å². The fourth-order valence-corrected chi connectivity index (χ4v) is 1.87. The highest BCUT2D eigenvalue weighted by Crippen LogP contribution is 2.19. The molecule has 0 radical (unpaired) electrons. The Morgan fingerprint density at radius 3 is 2.78 bits per heavy atom. The average Bonchev–Trinajstić information content (AvgIpc) is 2.41. The van der Waals surface area contributed by atoms with Crippen molar-refractivity contribution < 1.29 is 9.84 Å². The minimum absolute atomic E-state index is 0.118. The van der Waals surface area contributed by atoms with Gasteiger partial charge < -0.3 is 20.1 Å². The molecule has 96 valence electrons. The molecule has 1 heterocycles. The third-order valence-electron chi connectivity index (χ3n) is 2.87. The van der Waals surface area contributed by atoms with Gasteiger partial charge in [0.15, 0.2) is 0 Å². The largest absolute Gasteiger partial charge is 0.497 e. The second-order valence-electron chi connectivity index (χ2n) is 4.10. The van der Waals surface area contributed by atoms with Gasteiger partial charge in [-0.2, -0.15) is 0 Å². The molecule has 3 N–H and O–H groups in total. The third-order valence-corrected chi connectivity index (χ3v) is 2.87. The molecule has 0 aliphatic heterocycles. The molecule has 0 fully saturated rings. The van der Waals surface area contributed by atoms with Gasteiger partial charge >= 0.3 is 0 Å². The van der Waals surface area contributed by atoms with Crippen LogP contribution >= 0.6 is 0 Å². The minimum atomic E-state index is -0.737. The summed E-state index contributed by atoms with van der Waals surface area (Å²) in [5.74, 6) is 0.670. The summed E-state index contributed by atoms with van der Waals surface area (Å²) in [4.78, 5) is 11.9. The van der Waals surface area contributed by atoms with E-state index in [4.69, 9.17) is 10.5 Å². The summed E-state index contributed by atoms with van der Waals surface area (Å²) >= 11 is 0. The van der Waals surface area contributed by atoms with Crippen LogP contribution in [0.3, 0.4) is 0 Å². The number of ether oxygens (including phenoxy) is 1. The van der Waals surface area contributed by atoms with Gasteiger partial charge in [0.1, 0.15) is 5.75 Å². The molecule has 1 atom stereocenters. The highest BCUT2D eigenvalue weighted by Gasteiger charge is 2.08. The lowest BCUT2D eigenvalue weighted by atomic mass is 10.2. The molecule has 5 nitrogen and oxygen atoms in total. The molecule has 0 aliphatic rings. The van der Waals surface area contributed by atoms with E-state index in [1.807, 2.05) is 12.1 Å². The van der Waals surface area contributed by atoms with Gasteiger partial charge in [0.2, 0.25) is 0 Å². The molecule has 0 saturated carbocycles. The number of aliphatic hydroxyl groups excluding tert-OH is 1. The topological polar surface area (TPSA) is 77.5 Å². The molecule has 0 bridgehead atoms. The maximum absolute atomic E-state index is 11.9. The number of nitrogens with two attached hydrogens (primary N) is 1. The van der Waals surface area contributed by atoms with Crippen LogP contribution in [0, 0.1) is 0 Å². The van der Waals surface area contributed by atoms with Gasteiger partial charge in [-0.3, -0.25) is 4.79 Å². The summed E-state index contributed by atoms with van der Waals surface area (Å²) in [6.45, 7) is 0.298. The van der Waals surface area contributed by atoms with Gasteiger partial charge in [0.05, 0.1) is 25.3 Å². The predicted molar refractivity (Wildman–Crippen MR) is 69.8 cm³/mol. The van der Waals surface area contributed by atoms with E-state index in [9.17, 15) is 9.90 Å². The van der Waals surface area contributed by atoms with E-state index in [1.54, 1.807) is 19.2 Å². The lowest BCUT2D eigenvalue weighted by molar-refractivity contribution is 0.162. The lowest BCUT2D eigenvalue weighted by Gasteiger charge is -2.14. The summed E-state index contributed by atoms with van der Waals surface area (Å²) < 4.78 is 6.66. The van der Waals surface area contributed by atoms with E-state index in [2.05, 4.69) is 0 Å². The van der Waals surface area contributed by atoms with Crippen molar-refractivity contribution in [2.24, 2.45) is 5.73 Å². The third kappa shape index (κ3) is 2.37. The summed E-state index contributed by atoms with van der Waals surface area (Å²) in [5, 5.41) is 10.5. The van der Waals surface area contributed by atoms with Crippen LogP contribution < -0.4 is 16.0 Å². The van der Waals surface area contributed by atoms with E-state index >= 15 is 0 Å². The first kappa shape index (κ1) is 12.6. The molecule has 5 heteroatoms. The van der Waals surface area contributed by atoms with Crippen molar-refractivity contribution >= 4 is 10.9 Å². The minimum Gasteiger partial charge on any atom is -0.497 e. The van der Waals surface area contributed by atoms with Crippen LogP contribution in [-0.4, -0.2) is 29.4 Å². The molecule has 18 heavy (non-hydrogen) atoms. The SMILES string of the molecule is COc1ccc2ccc(=O)n(C[C@@H](O)CN)c2c1. The molecule has 2 rings (SSSR count). The fraction of sp³-hybridized carbons (Fsp3) is 0.308. The molecular formula is C13H16N2O3. The number of pyridine rings is 1. The number of nitrogens with zero attached hydrogens (tertiary/aromatic N) is 1. The van der Waals surface area contributed by atoms with Crippen molar-refractivity contribution in [1.29, 1.82) is 0 Å². The Morgan fingerprint density at radius 1 is 1.39 bits per heavy atom. The molecule has 0 saturated heterocycles. The monoisotopic (exact) mass is 248 g/mol. The number of fused-ring (bicyclic) bond motifs is 1. The van der Waals surface area contributed by atoms with Crippen molar-refractivity contribution in [2.75, 3.05) is 13.7 Å². The van der Waals surface area contributed by atoms with Crippen LogP contribution in [0.2, 0.25) is 0 Å². The van der Waals surface area contributed by atoms with Crippen molar-refractivity contribution in [3.8, 4) is 5.75 Å². The molecule has 0 spiro atoms. The summed E-state index contributed by atoms with van der Waals surface area (Å²) in [5.41, 5.74) is 5.95. The van der Waals surface area contributed by atoms with E-state index in [-0.39, 0.29) is 18.6 Å². The van der Waals surface area contributed by atoms with Gasteiger partial charge in [-0.1, -0.05) is 0 Å². The Morgan fingerprint density at radius 2 is 2.11 bits per heavy atom. The smallest absolute Gasteiger partial charge is 0.251 e. The van der Waals surface area contributed by atoms with Gasteiger partial charge in [-0.15, -0.1) is 0 Å². The van der Waals surface area contributed by atoms with E-state index in [1.165, 1.54) is 10.6 Å². The number of benzene rings is 1. The van der Waals surface area contributed by atoms with Crippen LogP contribution in [0.4, 0.5) is 0 Å². The van der Waals surface area contributed by atoms with Crippen LogP contribution in [0.15, 0.2) is 35.1 Å². The number of hydrogen-bond acceptors (Lipinski definition) is 4. The summed E-state index contributed by atoms with van der Waals surface area (Å²) in [6, 6.07) is 8.72. The van der Waals surface area contributed by atoms with Crippen molar-refractivity contribution in [2.45, 2.75) is 12.6 Å². The Hall–Kier alpha value is -1.85. The molecule has 0 aliphatic carbocycles. The van der Waals surface area contributed by atoms with E-state index in [0.717, 1.165) is 10.9 Å². The fourth-order valence-electron chi connectivity index (χ4n) is 1.87. The summed E-state index contributed by atoms with van der Waals surface area (Å²) in [7, 11) is 1.57. The zero-order chi connectivity index (χ0) is 13.1. The van der Waals surface area contributed by atoms with Crippen molar-refractivity contribution in [1.82, 2.24) is 4.57 Å². The Balaban J connectivity index is 2.60. The zero-order valence-electron chi connectivity index (χ0n) is 10.2. The van der Waals surface area contributed by atoms with Gasteiger partial charge in [0.25, 0.3) is 5.56 Å². The van der Waals surface area contributed by atoms with E-state index < -0.39 is 6.10 Å². The summed E-state index contributed by atoms with van der Waals surface area (Å²) in [6.07, 6.45) is -0.737. The number of methoxy groups -OCH3 is 1. The number of aromatic nitrogens is 1. The van der Waals surface area contributed by atoms with Crippen molar-refractivity contribution in [3.63, 3.8) is 0 Å². The molecule has 0 amide bonds. The van der Waals surface area contributed by atoms with Crippen molar-refractivity contribution in [3.05, 3.63) is 40.7 Å². The predicted octanol–water partition coefficient (Wildman–Crippen LogP) is 0.330. The Labute approximate surface area is 104 Å². The van der Waals surface area contributed by atoms with Gasteiger partial charge in [0, 0.05) is 18.7 Å². The average molecular weight is 248 g/mol. The van der Waals surface area contributed by atoms with Gasteiger partial charge in [-0.05, 0) is 23.6 Å². The lowest BCUT2D eigenvalue weighted by Crippen LogP contribution is -2.31. The van der Waals surface area contributed by atoms with E-state index in [0.29, 0.717) is 5.75 Å². The first-order chi connectivity index (χ1) is 8.65. The highest BCUT2D eigenvalue weighted by molar-refractivity contribution is 5.80. The first-order valence-corrected chi connectivity index (χ1v) is 5.71. The molecule has 2 aromatic rings. The number of rotatable bonds is 4. The number of aliphatic hydroxyl groups is 1. The van der Waals surface area contributed by atoms with Crippen LogP contribution in [0.25, 0.3) is 10.9 Å². The second kappa shape index (κ2) is 5.20. The van der Waals surface area contributed by atoms with Gasteiger partial charge in [-0.25, -0.2) is 0 Å². The zero-order valence-corrected chi connectivity index (χ0v) is 10.2. The van der Waals surface area contributed by atoms with Crippen LogP contribution in [-0.2, 0) is 6.54 Å². The maximum Gasteiger partial charge on any atom is 0.251 e.